The fourth-order valence-electron chi connectivity index (χ4n) is 1.59. The van der Waals surface area contributed by atoms with Gasteiger partial charge in [0.2, 0.25) is 5.91 Å². The molecule has 5 heteroatoms. The standard InChI is InChI=1S/C13H17N3O2/c1-18-10-12(15)13(17)16(9-5-8-14)11-6-3-2-4-7-11/h2-4,6-7,12H,5,9-10,15H2,1H3. The lowest BCUT2D eigenvalue weighted by atomic mass is 10.2. The van der Waals surface area contributed by atoms with E-state index in [1.54, 1.807) is 0 Å². The molecule has 5 nitrogen and oxygen atoms in total. The molecule has 0 aliphatic rings. The highest BCUT2D eigenvalue weighted by Crippen LogP contribution is 2.14. The molecular formula is C13H17N3O2. The third kappa shape index (κ3) is 3.84. The van der Waals surface area contributed by atoms with Gasteiger partial charge in [0.25, 0.3) is 0 Å². The number of rotatable bonds is 6. The summed E-state index contributed by atoms with van der Waals surface area (Å²) in [6.07, 6.45) is 0.264. The fourth-order valence-corrected chi connectivity index (χ4v) is 1.59. The van der Waals surface area contributed by atoms with Crippen molar-refractivity contribution in [3.63, 3.8) is 0 Å². The van der Waals surface area contributed by atoms with Crippen molar-refractivity contribution in [2.24, 2.45) is 5.73 Å². The van der Waals surface area contributed by atoms with Crippen molar-refractivity contribution in [2.75, 3.05) is 25.2 Å². The minimum atomic E-state index is -0.714. The number of nitriles is 1. The van der Waals surface area contributed by atoms with Gasteiger partial charge in [-0.1, -0.05) is 18.2 Å². The van der Waals surface area contributed by atoms with Gasteiger partial charge in [0.05, 0.1) is 19.1 Å². The van der Waals surface area contributed by atoms with Crippen LogP contribution in [0.1, 0.15) is 6.42 Å². The van der Waals surface area contributed by atoms with Crippen molar-refractivity contribution in [2.45, 2.75) is 12.5 Å². The molecule has 0 bridgehead atoms. The van der Waals surface area contributed by atoms with Crippen molar-refractivity contribution in [1.29, 1.82) is 5.26 Å². The van der Waals surface area contributed by atoms with Gasteiger partial charge in [-0.05, 0) is 12.1 Å². The first-order valence-electron chi connectivity index (χ1n) is 5.68. The van der Waals surface area contributed by atoms with Gasteiger partial charge in [0.1, 0.15) is 6.04 Å². The molecule has 0 aliphatic carbocycles. The van der Waals surface area contributed by atoms with Crippen LogP contribution in [0.15, 0.2) is 30.3 Å². The normalized spacial score (nSPS) is 11.6. The van der Waals surface area contributed by atoms with E-state index in [9.17, 15) is 4.79 Å². The van der Waals surface area contributed by atoms with E-state index in [1.165, 1.54) is 12.0 Å². The number of nitrogens with two attached hydrogens (primary N) is 1. The molecule has 0 aromatic heterocycles. The molecule has 1 rings (SSSR count). The van der Waals surface area contributed by atoms with E-state index in [0.29, 0.717) is 6.54 Å². The smallest absolute Gasteiger partial charge is 0.246 e. The summed E-state index contributed by atoms with van der Waals surface area (Å²) in [5.41, 5.74) is 6.48. The lowest BCUT2D eigenvalue weighted by Crippen LogP contribution is -2.46. The molecule has 0 saturated carbocycles. The summed E-state index contributed by atoms with van der Waals surface area (Å²) in [5.74, 6) is -0.238. The van der Waals surface area contributed by atoms with E-state index in [-0.39, 0.29) is 18.9 Å². The maximum Gasteiger partial charge on any atom is 0.246 e. The molecular weight excluding hydrogens is 230 g/mol. The zero-order valence-electron chi connectivity index (χ0n) is 10.4. The predicted molar refractivity (Wildman–Crippen MR) is 68.9 cm³/mol. The second-order valence-corrected chi connectivity index (χ2v) is 3.80. The largest absolute Gasteiger partial charge is 0.383 e. The highest BCUT2D eigenvalue weighted by Gasteiger charge is 2.21. The van der Waals surface area contributed by atoms with Crippen molar-refractivity contribution < 1.29 is 9.53 Å². The maximum atomic E-state index is 12.2. The second-order valence-electron chi connectivity index (χ2n) is 3.80. The lowest BCUT2D eigenvalue weighted by molar-refractivity contribution is -0.120. The Labute approximate surface area is 107 Å². The first-order valence-corrected chi connectivity index (χ1v) is 5.68. The van der Waals surface area contributed by atoms with Crippen molar-refractivity contribution in [1.82, 2.24) is 0 Å². The number of ether oxygens (including phenoxy) is 1. The molecule has 1 aromatic carbocycles. The zero-order valence-corrected chi connectivity index (χ0v) is 10.4. The summed E-state index contributed by atoms with van der Waals surface area (Å²) in [5, 5.41) is 8.64. The van der Waals surface area contributed by atoms with Gasteiger partial charge in [-0.25, -0.2) is 0 Å². The molecule has 1 atom stereocenters. The summed E-state index contributed by atoms with van der Waals surface area (Å²) in [6, 6.07) is 10.5. The molecule has 18 heavy (non-hydrogen) atoms. The number of carbonyl (C=O) groups is 1. The van der Waals surface area contributed by atoms with E-state index in [4.69, 9.17) is 15.7 Å². The first kappa shape index (κ1) is 14.2. The van der Waals surface area contributed by atoms with Gasteiger partial charge in [0.15, 0.2) is 0 Å². The number of amides is 1. The Morgan fingerprint density at radius 1 is 1.50 bits per heavy atom. The number of benzene rings is 1. The Kier molecular flexibility index (Phi) is 5.85. The van der Waals surface area contributed by atoms with Gasteiger partial charge in [0, 0.05) is 19.3 Å². The quantitative estimate of drug-likeness (QED) is 0.810. The van der Waals surface area contributed by atoms with E-state index in [1.807, 2.05) is 36.4 Å². The number of hydrogen-bond donors (Lipinski definition) is 1. The minimum Gasteiger partial charge on any atom is -0.383 e. The highest BCUT2D eigenvalue weighted by molar-refractivity contribution is 5.97. The Hall–Kier alpha value is -1.90. The summed E-state index contributed by atoms with van der Waals surface area (Å²) in [7, 11) is 1.50. The van der Waals surface area contributed by atoms with E-state index < -0.39 is 6.04 Å². The van der Waals surface area contributed by atoms with Crippen LogP contribution in [-0.2, 0) is 9.53 Å². The third-order valence-corrected chi connectivity index (χ3v) is 2.44. The Bertz CT molecular complexity index is 414. The molecule has 0 fully saturated rings. The predicted octanol–water partition coefficient (Wildman–Crippen LogP) is 0.907. The third-order valence-electron chi connectivity index (χ3n) is 2.44. The minimum absolute atomic E-state index is 0.161. The number of methoxy groups -OCH3 is 1. The molecule has 1 aromatic rings. The van der Waals surface area contributed by atoms with Crippen LogP contribution in [0, 0.1) is 11.3 Å². The van der Waals surface area contributed by atoms with Gasteiger partial charge in [-0.2, -0.15) is 5.26 Å². The molecule has 0 aliphatic heterocycles. The summed E-state index contributed by atoms with van der Waals surface area (Å²) in [6.45, 7) is 0.492. The van der Waals surface area contributed by atoms with E-state index in [2.05, 4.69) is 0 Å². The molecule has 96 valence electrons. The lowest BCUT2D eigenvalue weighted by Gasteiger charge is -2.24. The van der Waals surface area contributed by atoms with Crippen molar-refractivity contribution in [3.8, 4) is 6.07 Å². The van der Waals surface area contributed by atoms with Crippen LogP contribution >= 0.6 is 0 Å². The van der Waals surface area contributed by atoms with Crippen LogP contribution in [0.5, 0.6) is 0 Å². The van der Waals surface area contributed by atoms with Crippen LogP contribution in [-0.4, -0.2) is 32.2 Å². The summed E-state index contributed by atoms with van der Waals surface area (Å²) >= 11 is 0. The molecule has 0 spiro atoms. The number of anilines is 1. The Morgan fingerprint density at radius 3 is 2.72 bits per heavy atom. The van der Waals surface area contributed by atoms with Crippen LogP contribution in [0.25, 0.3) is 0 Å². The van der Waals surface area contributed by atoms with Crippen LogP contribution in [0.4, 0.5) is 5.69 Å². The number of carbonyl (C=O) groups excluding carboxylic acids is 1. The van der Waals surface area contributed by atoms with E-state index in [0.717, 1.165) is 5.69 Å². The number of nitrogens with zero attached hydrogens (tertiary/aromatic N) is 2. The topological polar surface area (TPSA) is 79.3 Å². The molecule has 0 radical (unpaired) electrons. The van der Waals surface area contributed by atoms with Crippen molar-refractivity contribution >= 4 is 11.6 Å². The van der Waals surface area contributed by atoms with E-state index >= 15 is 0 Å². The van der Waals surface area contributed by atoms with Gasteiger partial charge in [-0.15, -0.1) is 0 Å². The summed E-state index contributed by atoms with van der Waals surface area (Å²) in [4.78, 5) is 13.7. The number of para-hydroxylation sites is 1. The summed E-state index contributed by atoms with van der Waals surface area (Å²) < 4.78 is 4.88. The average Bonchev–Trinajstić information content (AvgIpc) is 2.40. The first-order chi connectivity index (χ1) is 8.70. The molecule has 0 heterocycles. The van der Waals surface area contributed by atoms with Crippen LogP contribution < -0.4 is 10.6 Å². The Morgan fingerprint density at radius 2 is 2.17 bits per heavy atom. The van der Waals surface area contributed by atoms with Crippen LogP contribution in [0.3, 0.4) is 0 Å². The highest BCUT2D eigenvalue weighted by atomic mass is 16.5. The monoisotopic (exact) mass is 247 g/mol. The Balaban J connectivity index is 2.85. The zero-order chi connectivity index (χ0) is 13.4. The fraction of sp³-hybridized carbons (Fsp3) is 0.385. The van der Waals surface area contributed by atoms with Crippen LogP contribution in [0.2, 0.25) is 0 Å². The second kappa shape index (κ2) is 7.43. The molecule has 2 N–H and O–H groups in total. The molecule has 1 unspecified atom stereocenters. The molecule has 0 saturated heterocycles. The van der Waals surface area contributed by atoms with Crippen molar-refractivity contribution in [3.05, 3.63) is 30.3 Å². The maximum absolute atomic E-state index is 12.2. The average molecular weight is 247 g/mol. The SMILES string of the molecule is COCC(N)C(=O)N(CCC#N)c1ccccc1. The molecule has 1 amide bonds. The van der Waals surface area contributed by atoms with Gasteiger partial charge in [-0.3, -0.25) is 4.79 Å². The number of hydrogen-bond acceptors (Lipinski definition) is 4. The van der Waals surface area contributed by atoms with Gasteiger partial charge < -0.3 is 15.4 Å². The van der Waals surface area contributed by atoms with Gasteiger partial charge >= 0.3 is 0 Å².